The van der Waals surface area contributed by atoms with Crippen LogP contribution in [0.15, 0.2) is 40.3 Å². The predicted octanol–water partition coefficient (Wildman–Crippen LogP) is 4.80. The van der Waals surface area contributed by atoms with Crippen LogP contribution in [0.4, 0.5) is 0 Å². The summed E-state index contributed by atoms with van der Waals surface area (Å²) in [7, 11) is 0. The van der Waals surface area contributed by atoms with Crippen molar-refractivity contribution in [1.29, 1.82) is 0 Å². The van der Waals surface area contributed by atoms with Gasteiger partial charge in [-0.15, -0.1) is 11.3 Å². The summed E-state index contributed by atoms with van der Waals surface area (Å²) in [6, 6.07) is 10.2. The molecule has 6 heteroatoms. The van der Waals surface area contributed by atoms with E-state index in [9.17, 15) is 4.79 Å². The number of imidazole rings is 1. The molecule has 0 unspecified atom stereocenters. The molecule has 0 saturated heterocycles. The lowest BCUT2D eigenvalue weighted by Crippen LogP contribution is -2.34. The number of rotatable bonds is 4. The molecule has 1 aromatic carbocycles. The second-order valence-corrected chi connectivity index (χ2v) is 9.27. The minimum absolute atomic E-state index is 0.0677. The molecule has 0 atom stereocenters. The molecule has 136 valence electrons. The van der Waals surface area contributed by atoms with Crippen LogP contribution in [0.5, 0.6) is 0 Å². The molecule has 1 aliphatic rings. The summed E-state index contributed by atoms with van der Waals surface area (Å²) in [5, 5.41) is 0.893. The topological polar surface area (TPSA) is 44.1 Å². The first kappa shape index (κ1) is 17.8. The predicted molar refractivity (Wildman–Crippen MR) is 109 cm³/mol. The smallest absolute Gasteiger partial charge is 0.211 e. The largest absolute Gasteiger partial charge is 0.370 e. The van der Waals surface area contributed by atoms with Crippen molar-refractivity contribution in [3.63, 3.8) is 0 Å². The summed E-state index contributed by atoms with van der Waals surface area (Å²) >= 11 is 3.35. The number of thioether (sulfide) groups is 1. The Labute approximate surface area is 161 Å². The fraction of sp³-hybridized carbons (Fsp3) is 0.400. The van der Waals surface area contributed by atoms with Crippen LogP contribution in [0.1, 0.15) is 37.6 Å². The van der Waals surface area contributed by atoms with E-state index in [1.54, 1.807) is 23.1 Å². The standard InChI is InChI=1S/C20H22N2O2S2/c1-4-10-25-19-21-16-17(23)14-11-20(2,3)24-12-15(14)26-18(16)22(19)13-8-6-5-7-9-13/h5-9H,4,10-12H2,1-3H3. The average Bonchev–Trinajstić information content (AvgIpc) is 3.00. The number of hydrogen-bond acceptors (Lipinski definition) is 5. The van der Waals surface area contributed by atoms with E-state index in [0.29, 0.717) is 18.5 Å². The molecule has 0 amide bonds. The van der Waals surface area contributed by atoms with Crippen LogP contribution >= 0.6 is 23.1 Å². The Morgan fingerprint density at radius 2 is 2.08 bits per heavy atom. The molecule has 0 saturated carbocycles. The van der Waals surface area contributed by atoms with Gasteiger partial charge in [0.05, 0.1) is 12.2 Å². The Kier molecular flexibility index (Phi) is 4.67. The van der Waals surface area contributed by atoms with Gasteiger partial charge in [0.25, 0.3) is 0 Å². The summed E-state index contributed by atoms with van der Waals surface area (Å²) in [6.45, 7) is 6.72. The highest BCUT2D eigenvalue weighted by Gasteiger charge is 2.30. The SMILES string of the molecule is CCCSc1nc2c(=O)c3c(sc2n1-c1ccccc1)COC(C)(C)C3. The minimum atomic E-state index is -0.297. The molecule has 0 bridgehead atoms. The molecule has 0 N–H and O–H groups in total. The highest BCUT2D eigenvalue weighted by molar-refractivity contribution is 7.99. The first-order valence-electron chi connectivity index (χ1n) is 8.89. The van der Waals surface area contributed by atoms with Gasteiger partial charge in [0.1, 0.15) is 10.3 Å². The molecule has 4 rings (SSSR count). The van der Waals surface area contributed by atoms with E-state index in [1.165, 1.54) is 0 Å². The van der Waals surface area contributed by atoms with Gasteiger partial charge >= 0.3 is 0 Å². The zero-order chi connectivity index (χ0) is 18.3. The molecule has 0 aliphatic carbocycles. The number of para-hydroxylation sites is 1. The molecule has 3 heterocycles. The third kappa shape index (κ3) is 3.10. The van der Waals surface area contributed by atoms with Crippen LogP contribution in [0.3, 0.4) is 0 Å². The second kappa shape index (κ2) is 6.83. The quantitative estimate of drug-likeness (QED) is 0.604. The first-order valence-corrected chi connectivity index (χ1v) is 10.7. The maximum absolute atomic E-state index is 13.2. The Morgan fingerprint density at radius 3 is 2.81 bits per heavy atom. The van der Waals surface area contributed by atoms with Crippen molar-refractivity contribution < 1.29 is 4.74 Å². The van der Waals surface area contributed by atoms with Crippen LogP contribution < -0.4 is 5.43 Å². The van der Waals surface area contributed by atoms with Crippen molar-refractivity contribution in [1.82, 2.24) is 9.55 Å². The van der Waals surface area contributed by atoms with Crippen LogP contribution in [0, 0.1) is 0 Å². The molecular weight excluding hydrogens is 364 g/mol. The minimum Gasteiger partial charge on any atom is -0.370 e. The van der Waals surface area contributed by atoms with Gasteiger partial charge in [0, 0.05) is 28.3 Å². The Morgan fingerprint density at radius 1 is 1.31 bits per heavy atom. The Hall–Kier alpha value is -1.63. The molecule has 0 spiro atoms. The molecule has 26 heavy (non-hydrogen) atoms. The van der Waals surface area contributed by atoms with Gasteiger partial charge in [-0.05, 0) is 32.4 Å². The molecule has 0 fully saturated rings. The summed E-state index contributed by atoms with van der Waals surface area (Å²) in [6.07, 6.45) is 1.71. The number of ether oxygens (including phenoxy) is 1. The normalized spacial score (nSPS) is 16.0. The fourth-order valence-corrected chi connectivity index (χ4v) is 5.29. The van der Waals surface area contributed by atoms with E-state index in [2.05, 4.69) is 23.6 Å². The maximum Gasteiger partial charge on any atom is 0.211 e. The second-order valence-electron chi connectivity index (χ2n) is 7.13. The van der Waals surface area contributed by atoms with Crippen molar-refractivity contribution >= 4 is 33.4 Å². The Bertz CT molecular complexity index is 1010. The van der Waals surface area contributed by atoms with Gasteiger partial charge in [0.2, 0.25) is 5.43 Å². The van der Waals surface area contributed by atoms with Crippen molar-refractivity contribution in [2.75, 3.05) is 5.75 Å². The summed E-state index contributed by atoms with van der Waals surface area (Å²) in [4.78, 5) is 19.9. The molecule has 4 nitrogen and oxygen atoms in total. The van der Waals surface area contributed by atoms with E-state index in [1.807, 2.05) is 32.0 Å². The van der Waals surface area contributed by atoms with Crippen LogP contribution in [0.2, 0.25) is 0 Å². The van der Waals surface area contributed by atoms with Gasteiger partial charge in [-0.2, -0.15) is 0 Å². The zero-order valence-electron chi connectivity index (χ0n) is 15.2. The van der Waals surface area contributed by atoms with Gasteiger partial charge < -0.3 is 4.74 Å². The molecule has 1 aliphatic heterocycles. The molecular formula is C20H22N2O2S2. The highest BCUT2D eigenvalue weighted by atomic mass is 32.2. The lowest BCUT2D eigenvalue weighted by atomic mass is 9.95. The lowest BCUT2D eigenvalue weighted by molar-refractivity contribution is -0.0386. The maximum atomic E-state index is 13.2. The van der Waals surface area contributed by atoms with E-state index in [0.717, 1.165) is 38.3 Å². The fourth-order valence-electron chi connectivity index (χ4n) is 3.20. The van der Waals surface area contributed by atoms with E-state index < -0.39 is 0 Å². The summed E-state index contributed by atoms with van der Waals surface area (Å²) < 4.78 is 8.08. The lowest BCUT2D eigenvalue weighted by Gasteiger charge is -2.30. The van der Waals surface area contributed by atoms with E-state index in [4.69, 9.17) is 9.72 Å². The zero-order valence-corrected chi connectivity index (χ0v) is 16.9. The van der Waals surface area contributed by atoms with Crippen LogP contribution in [0.25, 0.3) is 16.0 Å². The molecule has 0 radical (unpaired) electrons. The molecule has 2 aromatic heterocycles. The monoisotopic (exact) mass is 386 g/mol. The number of benzene rings is 1. The van der Waals surface area contributed by atoms with Gasteiger partial charge in [-0.25, -0.2) is 4.98 Å². The highest BCUT2D eigenvalue weighted by Crippen LogP contribution is 2.35. The van der Waals surface area contributed by atoms with Crippen LogP contribution in [-0.2, 0) is 17.8 Å². The molecule has 3 aromatic rings. The number of nitrogens with zero attached hydrogens (tertiary/aromatic N) is 2. The van der Waals surface area contributed by atoms with Crippen molar-refractivity contribution in [3.05, 3.63) is 51.0 Å². The van der Waals surface area contributed by atoms with Gasteiger partial charge in [0.15, 0.2) is 5.16 Å². The average molecular weight is 387 g/mol. The Balaban J connectivity index is 1.97. The third-order valence-electron chi connectivity index (χ3n) is 4.50. The van der Waals surface area contributed by atoms with Crippen LogP contribution in [-0.4, -0.2) is 20.9 Å². The van der Waals surface area contributed by atoms with Gasteiger partial charge in [-0.3, -0.25) is 9.36 Å². The summed E-state index contributed by atoms with van der Waals surface area (Å²) in [5.41, 5.74) is 2.28. The number of hydrogen-bond donors (Lipinski definition) is 0. The van der Waals surface area contributed by atoms with E-state index >= 15 is 0 Å². The summed E-state index contributed by atoms with van der Waals surface area (Å²) in [5.74, 6) is 0.977. The van der Waals surface area contributed by atoms with Crippen molar-refractivity contribution in [2.24, 2.45) is 0 Å². The van der Waals surface area contributed by atoms with Crippen molar-refractivity contribution in [3.8, 4) is 5.69 Å². The first-order chi connectivity index (χ1) is 12.5. The van der Waals surface area contributed by atoms with Crippen molar-refractivity contribution in [2.45, 2.75) is 51.0 Å². The van der Waals surface area contributed by atoms with E-state index in [-0.39, 0.29) is 11.0 Å². The number of aromatic nitrogens is 2. The third-order valence-corrected chi connectivity index (χ3v) is 6.82. The number of fused-ring (bicyclic) bond motifs is 2. The van der Waals surface area contributed by atoms with Gasteiger partial charge in [-0.1, -0.05) is 36.9 Å².